The fraction of sp³-hybridized carbons (Fsp3) is 0.286. The maximum atomic E-state index is 12.1. The normalized spacial score (nSPS) is 11.9. The van der Waals surface area contributed by atoms with E-state index >= 15 is 0 Å². The van der Waals surface area contributed by atoms with Crippen molar-refractivity contribution in [3.8, 4) is 5.75 Å². The number of rotatable bonds is 5. The highest BCUT2D eigenvalue weighted by Gasteiger charge is 2.19. The van der Waals surface area contributed by atoms with Gasteiger partial charge in [-0.15, -0.1) is 11.3 Å². The van der Waals surface area contributed by atoms with E-state index in [0.717, 1.165) is 5.69 Å². The molecule has 0 bridgehead atoms. The van der Waals surface area contributed by atoms with Gasteiger partial charge in [0.15, 0.2) is 11.2 Å². The number of aromatic nitrogens is 1. The van der Waals surface area contributed by atoms with Gasteiger partial charge in [0.25, 0.3) is 5.91 Å². The number of thiazole rings is 1. The number of ether oxygens (including phenoxy) is 1. The van der Waals surface area contributed by atoms with Crippen molar-refractivity contribution in [2.24, 2.45) is 0 Å². The highest BCUT2D eigenvalue weighted by molar-refractivity contribution is 7.13. The SMILES string of the molecule is CC[C@H](Oc1ccccc1)C(=O)Nc1nc(C)cs1. The second kappa shape index (κ2) is 6.33. The van der Waals surface area contributed by atoms with Gasteiger partial charge in [-0.3, -0.25) is 10.1 Å². The van der Waals surface area contributed by atoms with Gasteiger partial charge in [0.2, 0.25) is 0 Å². The molecule has 0 aliphatic carbocycles. The van der Waals surface area contributed by atoms with E-state index in [9.17, 15) is 4.79 Å². The lowest BCUT2D eigenvalue weighted by Gasteiger charge is -2.16. The number of nitrogens with zero attached hydrogens (tertiary/aromatic N) is 1. The van der Waals surface area contributed by atoms with Crippen LogP contribution in [0, 0.1) is 6.92 Å². The molecule has 4 nitrogen and oxygen atoms in total. The van der Waals surface area contributed by atoms with Gasteiger partial charge >= 0.3 is 0 Å². The van der Waals surface area contributed by atoms with Gasteiger partial charge in [-0.2, -0.15) is 0 Å². The third kappa shape index (κ3) is 3.79. The van der Waals surface area contributed by atoms with Crippen LogP contribution in [0.5, 0.6) is 5.75 Å². The number of anilines is 1. The molecular weight excluding hydrogens is 260 g/mol. The van der Waals surface area contributed by atoms with Crippen LogP contribution in [0.4, 0.5) is 5.13 Å². The molecule has 1 aromatic heterocycles. The average molecular weight is 276 g/mol. The Labute approximate surface area is 116 Å². The van der Waals surface area contributed by atoms with Gasteiger partial charge in [-0.05, 0) is 25.5 Å². The molecule has 1 N–H and O–H groups in total. The van der Waals surface area contributed by atoms with Gasteiger partial charge in [0.05, 0.1) is 5.69 Å². The van der Waals surface area contributed by atoms with Crippen LogP contribution in [0.2, 0.25) is 0 Å². The first kappa shape index (κ1) is 13.5. The Kier molecular flexibility index (Phi) is 4.52. The molecule has 100 valence electrons. The highest BCUT2D eigenvalue weighted by Crippen LogP contribution is 2.17. The summed E-state index contributed by atoms with van der Waals surface area (Å²) in [5, 5.41) is 5.28. The molecule has 0 fully saturated rings. The lowest BCUT2D eigenvalue weighted by atomic mass is 10.2. The summed E-state index contributed by atoms with van der Waals surface area (Å²) in [5.74, 6) is 0.528. The van der Waals surface area contributed by atoms with E-state index in [1.807, 2.05) is 49.6 Å². The van der Waals surface area contributed by atoms with Crippen LogP contribution in [0.3, 0.4) is 0 Å². The summed E-state index contributed by atoms with van der Waals surface area (Å²) >= 11 is 1.41. The second-order valence-corrected chi connectivity index (χ2v) is 4.97. The predicted octanol–water partition coefficient (Wildman–Crippen LogP) is 3.25. The monoisotopic (exact) mass is 276 g/mol. The number of carbonyl (C=O) groups is 1. The Morgan fingerprint density at radius 1 is 1.42 bits per heavy atom. The molecule has 0 saturated carbocycles. The fourth-order valence-corrected chi connectivity index (χ4v) is 2.27. The molecule has 2 aromatic rings. The number of aryl methyl sites for hydroxylation is 1. The molecule has 0 aliphatic rings. The van der Waals surface area contributed by atoms with E-state index in [-0.39, 0.29) is 5.91 Å². The van der Waals surface area contributed by atoms with E-state index in [0.29, 0.717) is 17.3 Å². The quantitative estimate of drug-likeness (QED) is 0.912. The predicted molar refractivity (Wildman–Crippen MR) is 76.6 cm³/mol. The summed E-state index contributed by atoms with van der Waals surface area (Å²) in [6, 6.07) is 9.34. The van der Waals surface area contributed by atoms with Crippen molar-refractivity contribution in [3.63, 3.8) is 0 Å². The first-order valence-corrected chi connectivity index (χ1v) is 7.01. The Morgan fingerprint density at radius 2 is 2.16 bits per heavy atom. The average Bonchev–Trinajstić information content (AvgIpc) is 2.82. The fourth-order valence-electron chi connectivity index (χ4n) is 1.58. The zero-order chi connectivity index (χ0) is 13.7. The number of amides is 1. The largest absolute Gasteiger partial charge is 0.481 e. The Bertz CT molecular complexity index is 539. The summed E-state index contributed by atoms with van der Waals surface area (Å²) in [7, 11) is 0. The van der Waals surface area contributed by atoms with Crippen LogP contribution in [0.25, 0.3) is 0 Å². The maximum absolute atomic E-state index is 12.1. The van der Waals surface area contributed by atoms with Crippen molar-refractivity contribution in [2.45, 2.75) is 26.4 Å². The van der Waals surface area contributed by atoms with Gasteiger partial charge in [0.1, 0.15) is 5.75 Å². The standard InChI is InChI=1S/C14H16N2O2S/c1-3-12(18-11-7-5-4-6-8-11)13(17)16-14-15-10(2)9-19-14/h4-9,12H,3H2,1-2H3,(H,15,16,17)/t12-/m0/s1. The topological polar surface area (TPSA) is 51.2 Å². The van der Waals surface area contributed by atoms with Gasteiger partial charge in [0, 0.05) is 5.38 Å². The van der Waals surface area contributed by atoms with Crippen LogP contribution in [-0.4, -0.2) is 17.0 Å². The Hall–Kier alpha value is -1.88. The molecule has 0 radical (unpaired) electrons. The van der Waals surface area contributed by atoms with Crippen LogP contribution >= 0.6 is 11.3 Å². The lowest BCUT2D eigenvalue weighted by Crippen LogP contribution is -2.32. The minimum absolute atomic E-state index is 0.166. The molecule has 0 unspecified atom stereocenters. The molecule has 1 heterocycles. The van der Waals surface area contributed by atoms with Crippen molar-refractivity contribution in [2.75, 3.05) is 5.32 Å². The third-order valence-electron chi connectivity index (χ3n) is 2.53. The molecule has 1 atom stereocenters. The molecule has 0 spiro atoms. The molecule has 1 amide bonds. The van der Waals surface area contributed by atoms with Crippen molar-refractivity contribution in [1.82, 2.24) is 4.98 Å². The Balaban J connectivity index is 1.99. The van der Waals surface area contributed by atoms with Gasteiger partial charge in [-0.25, -0.2) is 4.98 Å². The second-order valence-electron chi connectivity index (χ2n) is 4.11. The van der Waals surface area contributed by atoms with Crippen molar-refractivity contribution >= 4 is 22.4 Å². The van der Waals surface area contributed by atoms with E-state index in [1.165, 1.54) is 11.3 Å². The van der Waals surface area contributed by atoms with E-state index in [4.69, 9.17) is 4.74 Å². The van der Waals surface area contributed by atoms with Crippen molar-refractivity contribution in [3.05, 3.63) is 41.4 Å². The zero-order valence-corrected chi connectivity index (χ0v) is 11.7. The number of carbonyl (C=O) groups excluding carboxylic acids is 1. The third-order valence-corrected chi connectivity index (χ3v) is 3.41. The Morgan fingerprint density at radius 3 is 2.74 bits per heavy atom. The van der Waals surface area contributed by atoms with E-state index < -0.39 is 6.10 Å². The number of para-hydroxylation sites is 1. The van der Waals surface area contributed by atoms with Crippen LogP contribution in [-0.2, 0) is 4.79 Å². The molecular formula is C14H16N2O2S. The van der Waals surface area contributed by atoms with E-state index in [1.54, 1.807) is 0 Å². The first-order chi connectivity index (χ1) is 9.19. The summed E-state index contributed by atoms with van der Waals surface area (Å²) in [4.78, 5) is 16.3. The molecule has 5 heteroatoms. The molecule has 0 saturated heterocycles. The summed E-state index contributed by atoms with van der Waals surface area (Å²) in [6.07, 6.45) is 0.0945. The molecule has 2 rings (SSSR count). The summed E-state index contributed by atoms with van der Waals surface area (Å²) in [5.41, 5.74) is 0.900. The zero-order valence-electron chi connectivity index (χ0n) is 10.9. The summed E-state index contributed by atoms with van der Waals surface area (Å²) in [6.45, 7) is 3.81. The van der Waals surface area contributed by atoms with E-state index in [2.05, 4.69) is 10.3 Å². The molecule has 1 aromatic carbocycles. The van der Waals surface area contributed by atoms with Crippen LogP contribution in [0.1, 0.15) is 19.0 Å². The van der Waals surface area contributed by atoms with Crippen LogP contribution in [0.15, 0.2) is 35.7 Å². The van der Waals surface area contributed by atoms with Gasteiger partial charge < -0.3 is 4.74 Å². The number of nitrogens with one attached hydrogen (secondary N) is 1. The minimum Gasteiger partial charge on any atom is -0.481 e. The maximum Gasteiger partial charge on any atom is 0.267 e. The first-order valence-electron chi connectivity index (χ1n) is 6.13. The summed E-state index contributed by atoms with van der Waals surface area (Å²) < 4.78 is 5.67. The lowest BCUT2D eigenvalue weighted by molar-refractivity contribution is -0.122. The number of hydrogen-bond acceptors (Lipinski definition) is 4. The molecule has 19 heavy (non-hydrogen) atoms. The molecule has 0 aliphatic heterocycles. The highest BCUT2D eigenvalue weighted by atomic mass is 32.1. The smallest absolute Gasteiger partial charge is 0.267 e. The van der Waals surface area contributed by atoms with Crippen molar-refractivity contribution in [1.29, 1.82) is 0 Å². The van der Waals surface area contributed by atoms with Gasteiger partial charge in [-0.1, -0.05) is 25.1 Å². The minimum atomic E-state index is -0.508. The van der Waals surface area contributed by atoms with Crippen molar-refractivity contribution < 1.29 is 9.53 Å². The van der Waals surface area contributed by atoms with Crippen LogP contribution < -0.4 is 10.1 Å². The number of benzene rings is 1. The number of hydrogen-bond donors (Lipinski definition) is 1.